The van der Waals surface area contributed by atoms with Crippen molar-refractivity contribution >= 4 is 0 Å². The molecule has 0 aromatic heterocycles. The Hall–Kier alpha value is -0.200. The summed E-state index contributed by atoms with van der Waals surface area (Å²) in [6, 6.07) is 0.489. The lowest BCUT2D eigenvalue weighted by Gasteiger charge is -2.29. The lowest BCUT2D eigenvalue weighted by atomic mass is 9.94. The molecular weight excluding hydrogens is 270 g/mol. The summed E-state index contributed by atoms with van der Waals surface area (Å²) in [5.41, 5.74) is 0. The molecule has 0 spiro atoms. The average Bonchev–Trinajstić information content (AvgIpc) is 2.47. The standard InChI is InChI=1S/C16H33NO4/c1-17-15-7-5-3-4-6-8-16(15)21-14-13-20-12-11-19-10-9-18-2/h15-17H,3-14H2,1-2H3. The van der Waals surface area contributed by atoms with E-state index in [2.05, 4.69) is 5.32 Å². The quantitative estimate of drug-likeness (QED) is 0.592. The van der Waals surface area contributed by atoms with Gasteiger partial charge in [0.1, 0.15) is 0 Å². The van der Waals surface area contributed by atoms with E-state index in [0.29, 0.717) is 51.8 Å². The maximum Gasteiger partial charge on any atom is 0.0729 e. The van der Waals surface area contributed by atoms with Gasteiger partial charge in [-0.2, -0.15) is 0 Å². The number of ether oxygens (including phenoxy) is 4. The molecule has 0 bridgehead atoms. The zero-order chi connectivity index (χ0) is 15.2. The normalized spacial score (nSPS) is 23.7. The van der Waals surface area contributed by atoms with E-state index < -0.39 is 0 Å². The number of hydrogen-bond acceptors (Lipinski definition) is 5. The third kappa shape index (κ3) is 9.42. The van der Waals surface area contributed by atoms with Gasteiger partial charge in [-0.15, -0.1) is 0 Å². The molecule has 1 aliphatic carbocycles. The van der Waals surface area contributed by atoms with Crippen LogP contribution in [-0.2, 0) is 18.9 Å². The molecule has 0 aliphatic heterocycles. The molecular formula is C16H33NO4. The predicted molar refractivity (Wildman–Crippen MR) is 83.8 cm³/mol. The van der Waals surface area contributed by atoms with Crippen molar-refractivity contribution in [1.82, 2.24) is 5.32 Å². The Morgan fingerprint density at radius 1 is 0.810 bits per heavy atom. The van der Waals surface area contributed by atoms with Crippen LogP contribution >= 0.6 is 0 Å². The van der Waals surface area contributed by atoms with Crippen LogP contribution in [0.4, 0.5) is 0 Å². The molecule has 126 valence electrons. The summed E-state index contributed by atoms with van der Waals surface area (Å²) in [5.74, 6) is 0. The fourth-order valence-electron chi connectivity index (χ4n) is 2.70. The molecule has 0 amide bonds. The van der Waals surface area contributed by atoms with Crippen LogP contribution in [0.2, 0.25) is 0 Å². The first-order valence-electron chi connectivity index (χ1n) is 8.31. The van der Waals surface area contributed by atoms with Gasteiger partial charge in [0.25, 0.3) is 0 Å². The first-order valence-corrected chi connectivity index (χ1v) is 8.31. The summed E-state index contributed by atoms with van der Waals surface area (Å²) in [7, 11) is 3.71. The molecule has 1 rings (SSSR count). The summed E-state index contributed by atoms with van der Waals surface area (Å²) in [6.45, 7) is 3.80. The minimum atomic E-state index is 0.330. The molecule has 5 heteroatoms. The highest BCUT2D eigenvalue weighted by Gasteiger charge is 2.21. The largest absolute Gasteiger partial charge is 0.382 e. The van der Waals surface area contributed by atoms with Crippen molar-refractivity contribution in [3.8, 4) is 0 Å². The topological polar surface area (TPSA) is 49.0 Å². The molecule has 2 unspecified atom stereocenters. The van der Waals surface area contributed by atoms with Crippen molar-refractivity contribution in [2.24, 2.45) is 0 Å². The predicted octanol–water partition coefficient (Wildman–Crippen LogP) is 1.99. The van der Waals surface area contributed by atoms with E-state index in [4.69, 9.17) is 18.9 Å². The van der Waals surface area contributed by atoms with Gasteiger partial charge in [-0.25, -0.2) is 0 Å². The van der Waals surface area contributed by atoms with Gasteiger partial charge in [0.15, 0.2) is 0 Å². The number of methoxy groups -OCH3 is 1. The van der Waals surface area contributed by atoms with E-state index in [0.717, 1.165) is 6.42 Å². The van der Waals surface area contributed by atoms with E-state index in [1.807, 2.05) is 7.05 Å². The van der Waals surface area contributed by atoms with Crippen LogP contribution in [-0.4, -0.2) is 65.9 Å². The van der Waals surface area contributed by atoms with Gasteiger partial charge in [0.05, 0.1) is 45.7 Å². The highest BCUT2D eigenvalue weighted by Crippen LogP contribution is 2.20. The van der Waals surface area contributed by atoms with Crippen LogP contribution in [0, 0.1) is 0 Å². The van der Waals surface area contributed by atoms with Crippen LogP contribution in [0.1, 0.15) is 38.5 Å². The van der Waals surface area contributed by atoms with Gasteiger partial charge < -0.3 is 24.3 Å². The summed E-state index contributed by atoms with van der Waals surface area (Å²) in [5, 5.41) is 3.40. The van der Waals surface area contributed by atoms with Crippen molar-refractivity contribution < 1.29 is 18.9 Å². The van der Waals surface area contributed by atoms with Crippen molar-refractivity contribution in [3.63, 3.8) is 0 Å². The highest BCUT2D eigenvalue weighted by molar-refractivity contribution is 4.78. The maximum absolute atomic E-state index is 6.02. The zero-order valence-electron chi connectivity index (χ0n) is 13.8. The molecule has 0 heterocycles. The minimum absolute atomic E-state index is 0.330. The number of nitrogens with one attached hydrogen (secondary N) is 1. The Kier molecular flexibility index (Phi) is 12.1. The zero-order valence-corrected chi connectivity index (χ0v) is 13.8. The molecule has 0 aromatic carbocycles. The molecule has 5 nitrogen and oxygen atoms in total. The number of rotatable bonds is 11. The first-order chi connectivity index (χ1) is 10.4. The van der Waals surface area contributed by atoms with Gasteiger partial charge in [-0.3, -0.25) is 0 Å². The van der Waals surface area contributed by atoms with Crippen molar-refractivity contribution in [3.05, 3.63) is 0 Å². The summed E-state index contributed by atoms with van der Waals surface area (Å²) in [6.07, 6.45) is 7.98. The first kappa shape index (κ1) is 18.8. The van der Waals surface area contributed by atoms with Gasteiger partial charge in [-0.05, 0) is 19.9 Å². The molecule has 1 aliphatic rings. The van der Waals surface area contributed by atoms with Crippen LogP contribution < -0.4 is 5.32 Å². The van der Waals surface area contributed by atoms with Crippen molar-refractivity contribution in [2.45, 2.75) is 50.7 Å². The van der Waals surface area contributed by atoms with Gasteiger partial charge in [0.2, 0.25) is 0 Å². The molecule has 0 aromatic rings. The fourth-order valence-corrected chi connectivity index (χ4v) is 2.70. The van der Waals surface area contributed by atoms with Gasteiger partial charge in [-0.1, -0.05) is 25.7 Å². The molecule has 1 saturated carbocycles. The second-order valence-electron chi connectivity index (χ2n) is 5.51. The van der Waals surface area contributed by atoms with E-state index in [1.165, 1.54) is 32.1 Å². The lowest BCUT2D eigenvalue weighted by molar-refractivity contribution is -0.0311. The van der Waals surface area contributed by atoms with Crippen molar-refractivity contribution in [1.29, 1.82) is 0 Å². The monoisotopic (exact) mass is 303 g/mol. The SMILES string of the molecule is CNC1CCCCCCC1OCCOCCOCCOC. The van der Waals surface area contributed by atoms with Crippen LogP contribution in [0.25, 0.3) is 0 Å². The third-order valence-corrected chi connectivity index (χ3v) is 3.94. The van der Waals surface area contributed by atoms with Gasteiger partial charge >= 0.3 is 0 Å². The Balaban J connectivity index is 2.01. The number of hydrogen-bond donors (Lipinski definition) is 1. The third-order valence-electron chi connectivity index (χ3n) is 3.94. The molecule has 2 atom stereocenters. The Morgan fingerprint density at radius 2 is 1.43 bits per heavy atom. The Morgan fingerprint density at radius 3 is 2.10 bits per heavy atom. The van der Waals surface area contributed by atoms with Crippen molar-refractivity contribution in [2.75, 3.05) is 53.8 Å². The van der Waals surface area contributed by atoms with Crippen LogP contribution in [0.15, 0.2) is 0 Å². The smallest absolute Gasteiger partial charge is 0.0729 e. The molecule has 1 fully saturated rings. The second-order valence-corrected chi connectivity index (χ2v) is 5.51. The van der Waals surface area contributed by atoms with Crippen LogP contribution in [0.5, 0.6) is 0 Å². The second kappa shape index (κ2) is 13.5. The average molecular weight is 303 g/mol. The van der Waals surface area contributed by atoms with E-state index >= 15 is 0 Å². The highest BCUT2D eigenvalue weighted by atomic mass is 16.6. The molecule has 1 N–H and O–H groups in total. The maximum atomic E-state index is 6.02. The molecule has 21 heavy (non-hydrogen) atoms. The van der Waals surface area contributed by atoms with Gasteiger partial charge in [0, 0.05) is 13.2 Å². The lowest BCUT2D eigenvalue weighted by Crippen LogP contribution is -2.40. The molecule has 0 saturated heterocycles. The Labute approximate surface area is 129 Å². The van der Waals surface area contributed by atoms with E-state index in [1.54, 1.807) is 7.11 Å². The van der Waals surface area contributed by atoms with E-state index in [9.17, 15) is 0 Å². The van der Waals surface area contributed by atoms with E-state index in [-0.39, 0.29) is 0 Å². The summed E-state index contributed by atoms with van der Waals surface area (Å²) < 4.78 is 21.8. The summed E-state index contributed by atoms with van der Waals surface area (Å²) >= 11 is 0. The summed E-state index contributed by atoms with van der Waals surface area (Å²) in [4.78, 5) is 0. The fraction of sp³-hybridized carbons (Fsp3) is 1.00. The Bertz CT molecular complexity index is 228. The number of likely N-dealkylation sites (N-methyl/N-ethyl adjacent to an activating group) is 1. The molecule has 0 radical (unpaired) electrons. The minimum Gasteiger partial charge on any atom is -0.382 e. The van der Waals surface area contributed by atoms with Crippen LogP contribution in [0.3, 0.4) is 0 Å².